The van der Waals surface area contributed by atoms with Gasteiger partial charge in [-0.1, -0.05) is 16.5 Å². The first-order valence-electron chi connectivity index (χ1n) is 9.64. The maximum atomic E-state index is 13.2. The second-order valence-electron chi connectivity index (χ2n) is 6.92. The predicted molar refractivity (Wildman–Crippen MR) is 111 cm³/mol. The highest BCUT2D eigenvalue weighted by Crippen LogP contribution is 2.32. The molecule has 3 heterocycles. The van der Waals surface area contributed by atoms with Gasteiger partial charge in [0.15, 0.2) is 10.8 Å². The highest BCUT2D eigenvalue weighted by atomic mass is 32.1. The van der Waals surface area contributed by atoms with Gasteiger partial charge in [-0.3, -0.25) is 14.6 Å². The molecule has 4 rings (SSSR count). The van der Waals surface area contributed by atoms with Crippen molar-refractivity contribution in [2.24, 2.45) is 0 Å². The van der Waals surface area contributed by atoms with E-state index in [4.69, 9.17) is 19.0 Å². The van der Waals surface area contributed by atoms with Crippen molar-refractivity contribution in [1.29, 1.82) is 0 Å². The first kappa shape index (κ1) is 19.8. The summed E-state index contributed by atoms with van der Waals surface area (Å²) in [5, 5.41) is 4.56. The van der Waals surface area contributed by atoms with E-state index in [2.05, 4.69) is 10.1 Å². The number of methoxy groups -OCH3 is 1. The normalized spacial score (nSPS) is 15.0. The number of carbonyl (C=O) groups is 1. The number of morpholine rings is 1. The number of ether oxygens (including phenoxy) is 2. The van der Waals surface area contributed by atoms with Gasteiger partial charge in [-0.25, -0.2) is 4.98 Å². The first-order valence-corrected chi connectivity index (χ1v) is 10.5. The van der Waals surface area contributed by atoms with Crippen LogP contribution in [0.3, 0.4) is 0 Å². The van der Waals surface area contributed by atoms with Crippen LogP contribution >= 0.6 is 11.3 Å². The van der Waals surface area contributed by atoms with Crippen molar-refractivity contribution in [2.75, 3.05) is 51.4 Å². The Balaban J connectivity index is 1.56. The largest absolute Gasteiger partial charge is 0.497 e. The van der Waals surface area contributed by atoms with Crippen LogP contribution in [-0.4, -0.2) is 67.5 Å². The SMILES string of the molecule is COc1ccc2sc(N(CCCN3CCOCC3)C(=O)c3cc(C)on3)nc2c1. The summed E-state index contributed by atoms with van der Waals surface area (Å²) in [7, 11) is 1.63. The Bertz CT molecular complexity index is 980. The number of anilines is 1. The number of rotatable bonds is 7. The summed E-state index contributed by atoms with van der Waals surface area (Å²) in [5.74, 6) is 1.15. The third-order valence-electron chi connectivity index (χ3n) is 4.87. The number of fused-ring (bicyclic) bond motifs is 1. The molecule has 0 aliphatic carbocycles. The summed E-state index contributed by atoms with van der Waals surface area (Å²) in [6.07, 6.45) is 0.835. The van der Waals surface area contributed by atoms with Crippen LogP contribution in [0.2, 0.25) is 0 Å². The molecule has 9 heteroatoms. The van der Waals surface area contributed by atoms with Crippen LogP contribution in [-0.2, 0) is 4.74 Å². The summed E-state index contributed by atoms with van der Waals surface area (Å²) in [4.78, 5) is 21.9. The average Bonchev–Trinajstić information content (AvgIpc) is 3.37. The van der Waals surface area contributed by atoms with E-state index in [0.29, 0.717) is 23.1 Å². The fourth-order valence-corrected chi connectivity index (χ4v) is 4.27. The number of amides is 1. The Hall–Kier alpha value is -2.49. The molecular weight excluding hydrogens is 392 g/mol. The van der Waals surface area contributed by atoms with Gasteiger partial charge in [0.05, 0.1) is 30.5 Å². The summed E-state index contributed by atoms with van der Waals surface area (Å²) in [6, 6.07) is 7.40. The minimum absolute atomic E-state index is 0.199. The Kier molecular flexibility index (Phi) is 6.08. The number of nitrogens with zero attached hydrogens (tertiary/aromatic N) is 4. The van der Waals surface area contributed by atoms with Crippen molar-refractivity contribution >= 4 is 32.6 Å². The zero-order valence-electron chi connectivity index (χ0n) is 16.6. The third-order valence-corrected chi connectivity index (χ3v) is 5.93. The Morgan fingerprint density at radius 3 is 2.86 bits per heavy atom. The molecular formula is C20H24N4O4S. The molecule has 0 saturated carbocycles. The Morgan fingerprint density at radius 1 is 1.31 bits per heavy atom. The highest BCUT2D eigenvalue weighted by Gasteiger charge is 2.24. The van der Waals surface area contributed by atoms with Crippen LogP contribution in [0.5, 0.6) is 5.75 Å². The molecule has 0 unspecified atom stereocenters. The zero-order valence-corrected chi connectivity index (χ0v) is 17.4. The van der Waals surface area contributed by atoms with Gasteiger partial charge in [0.2, 0.25) is 0 Å². The molecule has 0 N–H and O–H groups in total. The second kappa shape index (κ2) is 8.89. The van der Waals surface area contributed by atoms with E-state index in [1.54, 1.807) is 25.0 Å². The molecule has 8 nitrogen and oxygen atoms in total. The van der Waals surface area contributed by atoms with Crippen LogP contribution < -0.4 is 9.64 Å². The molecule has 0 bridgehead atoms. The van der Waals surface area contributed by atoms with Gasteiger partial charge in [0.25, 0.3) is 5.91 Å². The van der Waals surface area contributed by atoms with E-state index in [-0.39, 0.29) is 5.91 Å². The van der Waals surface area contributed by atoms with Gasteiger partial charge in [0, 0.05) is 38.3 Å². The quantitative estimate of drug-likeness (QED) is 0.586. The molecule has 1 aliphatic rings. The maximum absolute atomic E-state index is 13.2. The van der Waals surface area contributed by atoms with Crippen LogP contribution in [0.25, 0.3) is 10.2 Å². The van der Waals surface area contributed by atoms with Gasteiger partial charge in [-0.2, -0.15) is 0 Å². The van der Waals surface area contributed by atoms with E-state index in [1.807, 2.05) is 18.2 Å². The van der Waals surface area contributed by atoms with Gasteiger partial charge < -0.3 is 14.0 Å². The van der Waals surface area contributed by atoms with Gasteiger partial charge in [-0.15, -0.1) is 0 Å². The number of hydrogen-bond donors (Lipinski definition) is 0. The van der Waals surface area contributed by atoms with E-state index >= 15 is 0 Å². The van der Waals surface area contributed by atoms with Gasteiger partial charge >= 0.3 is 0 Å². The molecule has 154 valence electrons. The molecule has 0 radical (unpaired) electrons. The standard InChI is InChI=1S/C20H24N4O4S/c1-14-12-17(22-28-14)19(25)24(7-3-6-23-8-10-27-11-9-23)20-21-16-13-15(26-2)4-5-18(16)29-20/h4-5,12-13H,3,6-11H2,1-2H3. The van der Waals surface area contributed by atoms with E-state index in [0.717, 1.165) is 55.2 Å². The monoisotopic (exact) mass is 416 g/mol. The number of benzene rings is 1. The first-order chi connectivity index (χ1) is 14.1. The molecule has 29 heavy (non-hydrogen) atoms. The zero-order chi connectivity index (χ0) is 20.2. The van der Waals surface area contributed by atoms with Crippen molar-refractivity contribution in [3.63, 3.8) is 0 Å². The Labute approximate surface area is 173 Å². The second-order valence-corrected chi connectivity index (χ2v) is 7.93. The van der Waals surface area contributed by atoms with E-state index in [9.17, 15) is 4.79 Å². The molecule has 0 atom stereocenters. The van der Waals surface area contributed by atoms with Crippen molar-refractivity contribution in [3.8, 4) is 5.75 Å². The number of carbonyl (C=O) groups excluding carboxylic acids is 1. The smallest absolute Gasteiger partial charge is 0.282 e. The van der Waals surface area contributed by atoms with Crippen LogP contribution in [0.1, 0.15) is 22.7 Å². The predicted octanol–water partition coefficient (Wildman–Crippen LogP) is 2.97. The Morgan fingerprint density at radius 2 is 2.14 bits per heavy atom. The fourth-order valence-electron chi connectivity index (χ4n) is 3.30. The molecule has 1 amide bonds. The average molecular weight is 417 g/mol. The van der Waals surface area contributed by atoms with Gasteiger partial charge in [-0.05, 0) is 25.5 Å². The lowest BCUT2D eigenvalue weighted by Gasteiger charge is -2.27. The maximum Gasteiger partial charge on any atom is 0.282 e. The lowest BCUT2D eigenvalue weighted by atomic mass is 10.3. The number of thiazole rings is 1. The van der Waals surface area contributed by atoms with Crippen molar-refractivity contribution in [1.82, 2.24) is 15.0 Å². The van der Waals surface area contributed by atoms with Crippen LogP contribution in [0, 0.1) is 6.92 Å². The molecule has 1 fully saturated rings. The summed E-state index contributed by atoms with van der Waals surface area (Å²) in [5.41, 5.74) is 1.11. The molecule has 1 aliphatic heterocycles. The summed E-state index contributed by atoms with van der Waals surface area (Å²) < 4.78 is 16.8. The highest BCUT2D eigenvalue weighted by molar-refractivity contribution is 7.22. The minimum atomic E-state index is -0.199. The molecule has 3 aromatic rings. The minimum Gasteiger partial charge on any atom is -0.497 e. The van der Waals surface area contributed by atoms with E-state index in [1.165, 1.54) is 11.3 Å². The van der Waals surface area contributed by atoms with Crippen LogP contribution in [0.4, 0.5) is 5.13 Å². The summed E-state index contributed by atoms with van der Waals surface area (Å²) in [6.45, 7) is 6.62. The molecule has 1 aromatic carbocycles. The van der Waals surface area contributed by atoms with Crippen molar-refractivity contribution in [2.45, 2.75) is 13.3 Å². The van der Waals surface area contributed by atoms with Gasteiger partial charge in [0.1, 0.15) is 11.5 Å². The van der Waals surface area contributed by atoms with Crippen LogP contribution in [0.15, 0.2) is 28.8 Å². The molecule has 1 saturated heterocycles. The number of aryl methyl sites for hydroxylation is 1. The van der Waals surface area contributed by atoms with Crippen molar-refractivity contribution in [3.05, 3.63) is 35.7 Å². The topological polar surface area (TPSA) is 80.9 Å². The van der Waals surface area contributed by atoms with E-state index < -0.39 is 0 Å². The van der Waals surface area contributed by atoms with Crippen molar-refractivity contribution < 1.29 is 18.8 Å². The number of hydrogen-bond acceptors (Lipinski definition) is 8. The lowest BCUT2D eigenvalue weighted by Crippen LogP contribution is -2.39. The number of aromatic nitrogens is 2. The summed E-state index contributed by atoms with van der Waals surface area (Å²) >= 11 is 1.49. The third kappa shape index (κ3) is 4.58. The lowest BCUT2D eigenvalue weighted by molar-refractivity contribution is 0.0376. The fraction of sp³-hybridized carbons (Fsp3) is 0.450. The molecule has 0 spiro atoms. The molecule has 2 aromatic heterocycles.